The summed E-state index contributed by atoms with van der Waals surface area (Å²) in [7, 11) is 0. The zero-order valence-corrected chi connectivity index (χ0v) is 5.27. The van der Waals surface area contributed by atoms with Gasteiger partial charge in [-0.3, -0.25) is 4.79 Å². The second-order valence-corrected chi connectivity index (χ2v) is 2.12. The van der Waals surface area contributed by atoms with Crippen molar-refractivity contribution < 1.29 is 9.90 Å². The quantitative estimate of drug-likeness (QED) is 0.503. The molecule has 1 rings (SSSR count). The molecule has 0 aromatic rings. The van der Waals surface area contributed by atoms with Gasteiger partial charge in [0.2, 0.25) is 5.91 Å². The van der Waals surface area contributed by atoms with Crippen molar-refractivity contribution in [1.29, 1.82) is 0 Å². The number of amides is 1. The molecule has 0 aliphatic carbocycles. The van der Waals surface area contributed by atoms with E-state index in [4.69, 9.17) is 5.11 Å². The molecule has 0 aromatic heterocycles. The molecule has 50 valence electrons. The zero-order valence-electron chi connectivity index (χ0n) is 5.27. The molecule has 9 heavy (non-hydrogen) atoms. The maximum absolute atomic E-state index is 10.6. The first kappa shape index (κ1) is 6.13. The summed E-state index contributed by atoms with van der Waals surface area (Å²) >= 11 is 0. The SMILES string of the molecule is CC1=C(O)CCC(=O)N1. The van der Waals surface area contributed by atoms with Crippen LogP contribution in [0.5, 0.6) is 0 Å². The molecule has 3 nitrogen and oxygen atoms in total. The second kappa shape index (κ2) is 2.09. The van der Waals surface area contributed by atoms with Crippen LogP contribution in [0.1, 0.15) is 19.8 Å². The summed E-state index contributed by atoms with van der Waals surface area (Å²) in [6.07, 6.45) is 0.890. The summed E-state index contributed by atoms with van der Waals surface area (Å²) in [5.41, 5.74) is 0.589. The maximum atomic E-state index is 10.6. The standard InChI is InChI=1S/C6H9NO2/c1-4-5(8)2-3-6(9)7-4/h8H,2-3H2,1H3,(H,7,9). The van der Waals surface area contributed by atoms with Crippen LogP contribution in [0, 0.1) is 0 Å². The van der Waals surface area contributed by atoms with E-state index in [2.05, 4.69) is 5.32 Å². The highest BCUT2D eigenvalue weighted by atomic mass is 16.3. The van der Waals surface area contributed by atoms with Gasteiger partial charge in [0, 0.05) is 12.8 Å². The van der Waals surface area contributed by atoms with Gasteiger partial charge >= 0.3 is 0 Å². The molecule has 0 saturated heterocycles. The fourth-order valence-electron chi connectivity index (χ4n) is 0.763. The Kier molecular flexibility index (Phi) is 1.42. The van der Waals surface area contributed by atoms with Crippen LogP contribution in [0.25, 0.3) is 0 Å². The van der Waals surface area contributed by atoms with Crippen molar-refractivity contribution in [2.24, 2.45) is 0 Å². The number of nitrogens with one attached hydrogen (secondary N) is 1. The minimum absolute atomic E-state index is 0.00898. The molecule has 2 N–H and O–H groups in total. The largest absolute Gasteiger partial charge is 0.510 e. The van der Waals surface area contributed by atoms with Gasteiger partial charge in [0.1, 0.15) is 5.76 Å². The van der Waals surface area contributed by atoms with Crippen LogP contribution in [0.4, 0.5) is 0 Å². The summed E-state index contributed by atoms with van der Waals surface area (Å²) in [6, 6.07) is 0. The lowest BCUT2D eigenvalue weighted by molar-refractivity contribution is -0.121. The van der Waals surface area contributed by atoms with Crippen LogP contribution >= 0.6 is 0 Å². The Labute approximate surface area is 53.4 Å². The lowest BCUT2D eigenvalue weighted by Crippen LogP contribution is -2.26. The Bertz CT molecular complexity index is 172. The molecule has 0 fully saturated rings. The molecule has 1 heterocycles. The molecule has 0 saturated carbocycles. The van der Waals surface area contributed by atoms with Crippen molar-refractivity contribution in [2.75, 3.05) is 0 Å². The molecule has 0 spiro atoms. The van der Waals surface area contributed by atoms with Crippen molar-refractivity contribution >= 4 is 5.91 Å². The van der Waals surface area contributed by atoms with Crippen LogP contribution in [0.2, 0.25) is 0 Å². The maximum Gasteiger partial charge on any atom is 0.224 e. The number of carbonyl (C=O) groups excluding carboxylic acids is 1. The van der Waals surface area contributed by atoms with Crippen LogP contribution in [-0.4, -0.2) is 11.0 Å². The summed E-state index contributed by atoms with van der Waals surface area (Å²) in [5.74, 6) is 0.292. The Morgan fingerprint density at radius 1 is 1.56 bits per heavy atom. The van der Waals surface area contributed by atoms with Gasteiger partial charge in [-0.1, -0.05) is 0 Å². The van der Waals surface area contributed by atoms with Crippen molar-refractivity contribution in [3.05, 3.63) is 11.5 Å². The van der Waals surface area contributed by atoms with E-state index in [0.717, 1.165) is 0 Å². The van der Waals surface area contributed by atoms with E-state index >= 15 is 0 Å². The first-order chi connectivity index (χ1) is 4.20. The molecule has 0 aromatic carbocycles. The Balaban J connectivity index is 2.72. The van der Waals surface area contributed by atoms with Gasteiger partial charge in [-0.15, -0.1) is 0 Å². The predicted molar refractivity (Wildman–Crippen MR) is 32.7 cm³/mol. The molecule has 1 aliphatic heterocycles. The monoisotopic (exact) mass is 127 g/mol. The zero-order chi connectivity index (χ0) is 6.85. The highest BCUT2D eigenvalue weighted by molar-refractivity contribution is 5.79. The predicted octanol–water partition coefficient (Wildman–Crippen LogP) is 0.686. The van der Waals surface area contributed by atoms with E-state index in [9.17, 15) is 4.79 Å². The highest BCUT2D eigenvalue weighted by Gasteiger charge is 2.12. The number of aliphatic hydroxyl groups excluding tert-OH is 1. The molecule has 0 unspecified atom stereocenters. The summed E-state index contributed by atoms with van der Waals surface area (Å²) in [4.78, 5) is 10.6. The topological polar surface area (TPSA) is 49.3 Å². The van der Waals surface area contributed by atoms with Gasteiger partial charge < -0.3 is 10.4 Å². The lowest BCUT2D eigenvalue weighted by Gasteiger charge is -2.12. The number of allylic oxidation sites excluding steroid dienone is 2. The number of carbonyl (C=O) groups is 1. The van der Waals surface area contributed by atoms with Gasteiger partial charge in [0.05, 0.1) is 5.70 Å². The van der Waals surface area contributed by atoms with Crippen LogP contribution < -0.4 is 5.32 Å². The van der Waals surface area contributed by atoms with Crippen molar-refractivity contribution in [1.82, 2.24) is 5.32 Å². The average molecular weight is 127 g/mol. The van der Waals surface area contributed by atoms with E-state index in [0.29, 0.717) is 24.3 Å². The smallest absolute Gasteiger partial charge is 0.224 e. The fourth-order valence-corrected chi connectivity index (χ4v) is 0.763. The van der Waals surface area contributed by atoms with Crippen molar-refractivity contribution in [2.45, 2.75) is 19.8 Å². The molecule has 0 radical (unpaired) electrons. The van der Waals surface area contributed by atoms with Gasteiger partial charge in [0.25, 0.3) is 0 Å². The molecule has 1 aliphatic rings. The normalized spacial score (nSPS) is 19.9. The number of rotatable bonds is 0. The Morgan fingerprint density at radius 3 is 2.67 bits per heavy atom. The first-order valence-corrected chi connectivity index (χ1v) is 2.88. The fraction of sp³-hybridized carbons (Fsp3) is 0.500. The van der Waals surface area contributed by atoms with E-state index in [1.54, 1.807) is 6.92 Å². The van der Waals surface area contributed by atoms with Gasteiger partial charge in [-0.2, -0.15) is 0 Å². The third kappa shape index (κ3) is 1.22. The van der Waals surface area contributed by atoms with E-state index in [1.807, 2.05) is 0 Å². The second-order valence-electron chi connectivity index (χ2n) is 2.12. The third-order valence-electron chi connectivity index (χ3n) is 1.35. The molecule has 3 heteroatoms. The lowest BCUT2D eigenvalue weighted by atomic mass is 10.1. The molecular weight excluding hydrogens is 118 g/mol. The van der Waals surface area contributed by atoms with Gasteiger partial charge in [-0.25, -0.2) is 0 Å². The number of aliphatic hydroxyl groups is 1. The van der Waals surface area contributed by atoms with E-state index < -0.39 is 0 Å². The molecular formula is C6H9NO2. The highest BCUT2D eigenvalue weighted by Crippen LogP contribution is 2.10. The van der Waals surface area contributed by atoms with Gasteiger partial charge in [-0.05, 0) is 6.92 Å². The molecule has 0 atom stereocenters. The van der Waals surface area contributed by atoms with Gasteiger partial charge in [0.15, 0.2) is 0 Å². The summed E-state index contributed by atoms with van der Waals surface area (Å²) in [5, 5.41) is 11.5. The molecule has 0 bridgehead atoms. The number of hydrogen-bond donors (Lipinski definition) is 2. The first-order valence-electron chi connectivity index (χ1n) is 2.88. The minimum atomic E-state index is -0.00898. The van der Waals surface area contributed by atoms with Crippen molar-refractivity contribution in [3.8, 4) is 0 Å². The minimum Gasteiger partial charge on any atom is -0.510 e. The number of hydrogen-bond acceptors (Lipinski definition) is 2. The summed E-state index contributed by atoms with van der Waals surface area (Å²) < 4.78 is 0. The Morgan fingerprint density at radius 2 is 2.22 bits per heavy atom. The Hall–Kier alpha value is -0.990. The van der Waals surface area contributed by atoms with Crippen LogP contribution in [0.3, 0.4) is 0 Å². The summed E-state index contributed by atoms with van der Waals surface area (Å²) in [6.45, 7) is 1.69. The van der Waals surface area contributed by atoms with Crippen LogP contribution in [0.15, 0.2) is 11.5 Å². The average Bonchev–Trinajstić information content (AvgIpc) is 1.80. The van der Waals surface area contributed by atoms with Crippen molar-refractivity contribution in [3.63, 3.8) is 0 Å². The van der Waals surface area contributed by atoms with Crippen LogP contribution in [-0.2, 0) is 4.79 Å². The molecule has 1 amide bonds. The van der Waals surface area contributed by atoms with E-state index in [-0.39, 0.29) is 5.91 Å². The van der Waals surface area contributed by atoms with E-state index in [1.165, 1.54) is 0 Å². The third-order valence-corrected chi connectivity index (χ3v) is 1.35.